The zero-order valence-electron chi connectivity index (χ0n) is 10.7. The van der Waals surface area contributed by atoms with Gasteiger partial charge in [0.05, 0.1) is 0 Å². The van der Waals surface area contributed by atoms with Gasteiger partial charge in [0.2, 0.25) is 0 Å². The van der Waals surface area contributed by atoms with E-state index in [4.69, 9.17) is 0 Å². The molecule has 0 radical (unpaired) electrons. The third-order valence-corrected chi connectivity index (χ3v) is 3.73. The molecule has 92 valence electrons. The highest BCUT2D eigenvalue weighted by Crippen LogP contribution is 2.41. The van der Waals surface area contributed by atoms with Gasteiger partial charge in [0.1, 0.15) is 5.60 Å². The molecule has 1 nitrogen and oxygen atoms in total. The molecule has 0 saturated carbocycles. The summed E-state index contributed by atoms with van der Waals surface area (Å²) >= 11 is 0. The number of unbranched alkanes of at least 4 members (excludes halogenated alkanes) is 2. The number of aliphatic hydroxyl groups is 1. The summed E-state index contributed by atoms with van der Waals surface area (Å²) < 4.78 is 0. The predicted molar refractivity (Wildman–Crippen MR) is 71.8 cm³/mol. The molecule has 0 amide bonds. The zero-order valence-corrected chi connectivity index (χ0v) is 10.7. The highest BCUT2D eigenvalue weighted by molar-refractivity contribution is 5.35. The molecule has 0 bridgehead atoms. The first-order chi connectivity index (χ1) is 8.27. The molecule has 0 saturated heterocycles. The van der Waals surface area contributed by atoms with E-state index < -0.39 is 5.60 Å². The predicted octanol–water partition coefficient (Wildman–Crippen LogP) is 4.17. The van der Waals surface area contributed by atoms with Crippen molar-refractivity contribution in [2.24, 2.45) is 0 Å². The molecule has 1 atom stereocenters. The van der Waals surface area contributed by atoms with Crippen molar-refractivity contribution in [2.45, 2.75) is 51.0 Å². The summed E-state index contributed by atoms with van der Waals surface area (Å²) in [6.45, 7) is 2.21. The molecule has 1 aromatic carbocycles. The summed E-state index contributed by atoms with van der Waals surface area (Å²) in [6.07, 6.45) is 8.81. The lowest BCUT2D eigenvalue weighted by atomic mass is 9.85. The highest BCUT2D eigenvalue weighted by Gasteiger charge is 2.35. The Morgan fingerprint density at radius 3 is 2.65 bits per heavy atom. The third-order valence-electron chi connectivity index (χ3n) is 3.73. The Balaban J connectivity index is 2.11. The van der Waals surface area contributed by atoms with Gasteiger partial charge in [0.25, 0.3) is 0 Å². The van der Waals surface area contributed by atoms with Crippen LogP contribution in [0.15, 0.2) is 42.0 Å². The molecular weight excluding hydrogens is 208 g/mol. The number of hydrogen-bond acceptors (Lipinski definition) is 1. The molecule has 0 aromatic heterocycles. The van der Waals surface area contributed by atoms with Gasteiger partial charge in [-0.25, -0.2) is 0 Å². The molecule has 0 heterocycles. The van der Waals surface area contributed by atoms with Gasteiger partial charge < -0.3 is 5.11 Å². The van der Waals surface area contributed by atoms with Gasteiger partial charge in [-0.1, -0.05) is 56.2 Å². The van der Waals surface area contributed by atoms with Crippen molar-refractivity contribution < 1.29 is 5.11 Å². The van der Waals surface area contributed by atoms with Crippen LogP contribution in [0.1, 0.15) is 51.0 Å². The molecule has 0 fully saturated rings. The fourth-order valence-corrected chi connectivity index (χ4v) is 2.70. The molecule has 2 rings (SSSR count). The normalized spacial score (nSPS) is 23.8. The van der Waals surface area contributed by atoms with Crippen molar-refractivity contribution in [3.63, 3.8) is 0 Å². The monoisotopic (exact) mass is 230 g/mol. The van der Waals surface area contributed by atoms with Gasteiger partial charge in [-0.3, -0.25) is 0 Å². The van der Waals surface area contributed by atoms with Crippen LogP contribution < -0.4 is 0 Å². The standard InChI is InChI=1S/C16H22O/c1-2-3-5-9-15-12-8-13-16(15,17)14-10-6-4-7-11-14/h4,6-7,10-12,17H,2-3,5,8-9,13H2,1H3. The van der Waals surface area contributed by atoms with E-state index in [0.29, 0.717) is 0 Å². The quantitative estimate of drug-likeness (QED) is 0.594. The van der Waals surface area contributed by atoms with Crippen LogP contribution >= 0.6 is 0 Å². The van der Waals surface area contributed by atoms with E-state index in [-0.39, 0.29) is 0 Å². The Morgan fingerprint density at radius 2 is 1.94 bits per heavy atom. The fraction of sp³-hybridized carbons (Fsp3) is 0.500. The molecule has 0 spiro atoms. The van der Waals surface area contributed by atoms with E-state index in [0.717, 1.165) is 24.8 Å². The average Bonchev–Trinajstić information content (AvgIpc) is 2.74. The fourth-order valence-electron chi connectivity index (χ4n) is 2.70. The van der Waals surface area contributed by atoms with E-state index in [1.807, 2.05) is 30.3 Å². The van der Waals surface area contributed by atoms with E-state index >= 15 is 0 Å². The summed E-state index contributed by atoms with van der Waals surface area (Å²) in [5, 5.41) is 10.9. The number of rotatable bonds is 5. The second kappa shape index (κ2) is 5.50. The Morgan fingerprint density at radius 1 is 1.18 bits per heavy atom. The summed E-state index contributed by atoms with van der Waals surface area (Å²) in [7, 11) is 0. The van der Waals surface area contributed by atoms with E-state index in [2.05, 4.69) is 13.0 Å². The summed E-state index contributed by atoms with van der Waals surface area (Å²) in [5.74, 6) is 0. The Hall–Kier alpha value is -1.08. The maximum Gasteiger partial charge on any atom is 0.111 e. The van der Waals surface area contributed by atoms with Crippen LogP contribution in [0.4, 0.5) is 0 Å². The van der Waals surface area contributed by atoms with Crippen molar-refractivity contribution in [1.82, 2.24) is 0 Å². The summed E-state index contributed by atoms with van der Waals surface area (Å²) in [6, 6.07) is 10.1. The maximum absolute atomic E-state index is 10.9. The molecule has 0 aliphatic heterocycles. The van der Waals surface area contributed by atoms with Crippen LogP contribution in [-0.2, 0) is 5.60 Å². The molecule has 1 aliphatic carbocycles. The smallest absolute Gasteiger partial charge is 0.111 e. The molecule has 1 N–H and O–H groups in total. The molecule has 1 heteroatoms. The highest BCUT2D eigenvalue weighted by atomic mass is 16.3. The van der Waals surface area contributed by atoms with Crippen LogP contribution in [0.3, 0.4) is 0 Å². The van der Waals surface area contributed by atoms with Crippen LogP contribution in [-0.4, -0.2) is 5.11 Å². The minimum absolute atomic E-state index is 0.686. The van der Waals surface area contributed by atoms with Gasteiger partial charge in [-0.2, -0.15) is 0 Å². The Kier molecular flexibility index (Phi) is 4.01. The lowest BCUT2D eigenvalue weighted by Gasteiger charge is -2.27. The summed E-state index contributed by atoms with van der Waals surface area (Å²) in [5.41, 5.74) is 1.60. The van der Waals surface area contributed by atoms with Gasteiger partial charge in [-0.15, -0.1) is 0 Å². The van der Waals surface area contributed by atoms with Crippen LogP contribution in [0.5, 0.6) is 0 Å². The topological polar surface area (TPSA) is 20.2 Å². The maximum atomic E-state index is 10.9. The molecule has 1 unspecified atom stereocenters. The van der Waals surface area contributed by atoms with E-state index in [1.165, 1.54) is 24.8 Å². The van der Waals surface area contributed by atoms with Gasteiger partial charge in [0.15, 0.2) is 0 Å². The zero-order chi connectivity index (χ0) is 12.1. The molecule has 1 aliphatic rings. The number of hydrogen-bond donors (Lipinski definition) is 1. The second-order valence-corrected chi connectivity index (χ2v) is 4.95. The lowest BCUT2D eigenvalue weighted by molar-refractivity contribution is 0.0735. The minimum Gasteiger partial charge on any atom is -0.381 e. The SMILES string of the molecule is CCCCCC1=CCCC1(O)c1ccccc1. The first-order valence-electron chi connectivity index (χ1n) is 6.75. The Bertz CT molecular complexity index is 380. The molecule has 1 aromatic rings. The van der Waals surface area contributed by atoms with Crippen LogP contribution in [0.2, 0.25) is 0 Å². The van der Waals surface area contributed by atoms with E-state index in [1.54, 1.807) is 0 Å². The average molecular weight is 230 g/mol. The second-order valence-electron chi connectivity index (χ2n) is 4.95. The molecule has 17 heavy (non-hydrogen) atoms. The molecular formula is C16H22O. The largest absolute Gasteiger partial charge is 0.381 e. The van der Waals surface area contributed by atoms with Crippen LogP contribution in [0.25, 0.3) is 0 Å². The number of benzene rings is 1. The third kappa shape index (κ3) is 2.61. The first-order valence-corrected chi connectivity index (χ1v) is 6.75. The van der Waals surface area contributed by atoms with Gasteiger partial charge >= 0.3 is 0 Å². The van der Waals surface area contributed by atoms with Crippen molar-refractivity contribution in [3.05, 3.63) is 47.5 Å². The lowest BCUT2D eigenvalue weighted by Crippen LogP contribution is -2.25. The van der Waals surface area contributed by atoms with Crippen LogP contribution in [0, 0.1) is 0 Å². The number of allylic oxidation sites excluding steroid dienone is 1. The van der Waals surface area contributed by atoms with Crippen molar-refractivity contribution >= 4 is 0 Å². The van der Waals surface area contributed by atoms with Gasteiger partial charge in [0, 0.05) is 0 Å². The van der Waals surface area contributed by atoms with E-state index in [9.17, 15) is 5.11 Å². The van der Waals surface area contributed by atoms with Crippen molar-refractivity contribution in [3.8, 4) is 0 Å². The van der Waals surface area contributed by atoms with Gasteiger partial charge in [-0.05, 0) is 36.8 Å². The van der Waals surface area contributed by atoms with Crippen molar-refractivity contribution in [2.75, 3.05) is 0 Å². The first kappa shape index (κ1) is 12.4. The minimum atomic E-state index is -0.686. The summed E-state index contributed by atoms with van der Waals surface area (Å²) in [4.78, 5) is 0. The van der Waals surface area contributed by atoms with Crippen molar-refractivity contribution in [1.29, 1.82) is 0 Å². The Labute approximate surface area is 104 Å².